The number of nitrogens with one attached hydrogen (secondary N) is 1. The summed E-state index contributed by atoms with van der Waals surface area (Å²) in [6.07, 6.45) is -0.327. The zero-order valence-electron chi connectivity index (χ0n) is 7.81. The molecule has 0 radical (unpaired) electrons. The fourth-order valence-electron chi connectivity index (χ4n) is 0.616. The Morgan fingerprint density at radius 1 is 1.46 bits per heavy atom. The molecular formula is C7H13N3OS2. The average molecular weight is 219 g/mol. The Bertz CT molecular complexity index is 264. The van der Waals surface area contributed by atoms with Crippen LogP contribution in [-0.4, -0.2) is 33.7 Å². The van der Waals surface area contributed by atoms with E-state index in [2.05, 4.69) is 15.5 Å². The molecule has 1 rings (SSSR count). The summed E-state index contributed by atoms with van der Waals surface area (Å²) >= 11 is 3.04. The molecule has 0 fully saturated rings. The molecule has 74 valence electrons. The minimum Gasteiger partial charge on any atom is -0.392 e. The van der Waals surface area contributed by atoms with Gasteiger partial charge in [0.1, 0.15) is 0 Å². The number of aliphatic hydroxyl groups is 1. The number of hydrogen-bond donors (Lipinski definition) is 2. The van der Waals surface area contributed by atoms with Gasteiger partial charge in [-0.25, -0.2) is 0 Å². The Balaban J connectivity index is 2.53. The lowest BCUT2D eigenvalue weighted by molar-refractivity contribution is 0.196. The normalized spacial score (nSPS) is 15.4. The van der Waals surface area contributed by atoms with Crippen LogP contribution in [0.25, 0.3) is 0 Å². The maximum Gasteiger partial charge on any atom is 0.206 e. The van der Waals surface area contributed by atoms with Crippen molar-refractivity contribution in [2.75, 3.05) is 12.4 Å². The molecular weight excluding hydrogens is 206 g/mol. The minimum atomic E-state index is -0.327. The number of aromatic nitrogens is 2. The average Bonchev–Trinajstić information content (AvgIpc) is 2.52. The maximum atomic E-state index is 9.27. The molecule has 0 spiro atoms. The van der Waals surface area contributed by atoms with Crippen LogP contribution in [0.4, 0.5) is 5.13 Å². The van der Waals surface area contributed by atoms with E-state index >= 15 is 0 Å². The van der Waals surface area contributed by atoms with Crippen LogP contribution in [0.15, 0.2) is 4.34 Å². The Labute approximate surface area is 85.8 Å². The first kappa shape index (κ1) is 10.7. The van der Waals surface area contributed by atoms with E-state index in [9.17, 15) is 5.11 Å². The maximum absolute atomic E-state index is 9.27. The predicted octanol–water partition coefficient (Wildman–Crippen LogP) is 1.44. The van der Waals surface area contributed by atoms with Gasteiger partial charge in [0.15, 0.2) is 4.34 Å². The zero-order valence-corrected chi connectivity index (χ0v) is 9.45. The molecule has 0 amide bonds. The Morgan fingerprint density at radius 2 is 2.15 bits per heavy atom. The summed E-state index contributed by atoms with van der Waals surface area (Å²) in [6, 6.07) is 0. The number of nitrogens with zero attached hydrogens (tertiary/aromatic N) is 2. The third-order valence-electron chi connectivity index (χ3n) is 1.59. The molecule has 0 saturated heterocycles. The highest BCUT2D eigenvalue weighted by Gasteiger charge is 2.13. The Hall–Kier alpha value is -0.330. The van der Waals surface area contributed by atoms with Crippen molar-refractivity contribution < 1.29 is 5.11 Å². The molecule has 0 aliphatic heterocycles. The molecule has 1 aromatic heterocycles. The van der Waals surface area contributed by atoms with E-state index in [0.717, 1.165) is 9.47 Å². The number of thioether (sulfide) groups is 1. The van der Waals surface area contributed by atoms with Gasteiger partial charge in [-0.2, -0.15) is 0 Å². The van der Waals surface area contributed by atoms with Crippen LogP contribution in [-0.2, 0) is 0 Å². The van der Waals surface area contributed by atoms with Gasteiger partial charge in [-0.3, -0.25) is 0 Å². The van der Waals surface area contributed by atoms with Crippen molar-refractivity contribution >= 4 is 28.2 Å². The first-order valence-corrected chi connectivity index (χ1v) is 5.69. The summed E-state index contributed by atoms with van der Waals surface area (Å²) in [5.41, 5.74) is 0. The molecule has 2 unspecified atom stereocenters. The number of aliphatic hydroxyl groups excluding tert-OH is 1. The van der Waals surface area contributed by atoms with Gasteiger partial charge in [-0.05, 0) is 6.92 Å². The van der Waals surface area contributed by atoms with Crippen LogP contribution in [0.2, 0.25) is 0 Å². The zero-order chi connectivity index (χ0) is 9.84. The van der Waals surface area contributed by atoms with Crippen LogP contribution in [0.3, 0.4) is 0 Å². The van der Waals surface area contributed by atoms with Crippen molar-refractivity contribution in [2.45, 2.75) is 29.5 Å². The fourth-order valence-corrected chi connectivity index (χ4v) is 2.53. The van der Waals surface area contributed by atoms with Gasteiger partial charge in [-0.1, -0.05) is 30.0 Å². The van der Waals surface area contributed by atoms with E-state index in [1.165, 1.54) is 11.3 Å². The molecule has 0 saturated carbocycles. The highest BCUT2D eigenvalue weighted by Crippen LogP contribution is 2.29. The highest BCUT2D eigenvalue weighted by atomic mass is 32.2. The summed E-state index contributed by atoms with van der Waals surface area (Å²) < 4.78 is 0.887. The lowest BCUT2D eigenvalue weighted by atomic mass is 10.3. The molecule has 1 aromatic rings. The lowest BCUT2D eigenvalue weighted by Crippen LogP contribution is -2.14. The van der Waals surface area contributed by atoms with Gasteiger partial charge in [0.2, 0.25) is 5.13 Å². The van der Waals surface area contributed by atoms with E-state index in [4.69, 9.17) is 0 Å². The summed E-state index contributed by atoms with van der Waals surface area (Å²) in [5, 5.41) is 21.0. The first-order chi connectivity index (χ1) is 6.13. The predicted molar refractivity (Wildman–Crippen MR) is 56.5 cm³/mol. The van der Waals surface area contributed by atoms with E-state index < -0.39 is 0 Å². The van der Waals surface area contributed by atoms with Crippen LogP contribution in [0.5, 0.6) is 0 Å². The van der Waals surface area contributed by atoms with Crippen molar-refractivity contribution in [2.24, 2.45) is 0 Å². The first-order valence-electron chi connectivity index (χ1n) is 3.99. The molecule has 0 bridgehead atoms. The van der Waals surface area contributed by atoms with Gasteiger partial charge < -0.3 is 10.4 Å². The van der Waals surface area contributed by atoms with Crippen molar-refractivity contribution in [1.29, 1.82) is 0 Å². The lowest BCUT2D eigenvalue weighted by Gasteiger charge is -2.10. The molecule has 6 heteroatoms. The summed E-state index contributed by atoms with van der Waals surface area (Å²) in [6.45, 7) is 3.74. The number of hydrogen-bond acceptors (Lipinski definition) is 6. The summed E-state index contributed by atoms with van der Waals surface area (Å²) in [5.74, 6) is 0. The SMILES string of the molecule is CNc1nnc(SC(C)C(C)O)s1. The quantitative estimate of drug-likeness (QED) is 0.750. The summed E-state index contributed by atoms with van der Waals surface area (Å²) in [7, 11) is 1.81. The molecule has 4 nitrogen and oxygen atoms in total. The standard InChI is InChI=1S/C7H13N3OS2/c1-4(11)5(2)12-7-10-9-6(8-3)13-7/h4-5,11H,1-3H3,(H,8,9). The van der Waals surface area contributed by atoms with Gasteiger partial charge in [0.25, 0.3) is 0 Å². The summed E-state index contributed by atoms with van der Waals surface area (Å²) in [4.78, 5) is 0. The second-order valence-corrected chi connectivity index (χ2v) is 5.29. The van der Waals surface area contributed by atoms with E-state index in [0.29, 0.717) is 0 Å². The topological polar surface area (TPSA) is 58.0 Å². The van der Waals surface area contributed by atoms with Crippen LogP contribution < -0.4 is 5.32 Å². The van der Waals surface area contributed by atoms with Gasteiger partial charge in [0.05, 0.1) is 6.10 Å². The van der Waals surface area contributed by atoms with Crippen molar-refractivity contribution in [3.63, 3.8) is 0 Å². The number of anilines is 1. The monoisotopic (exact) mass is 219 g/mol. The molecule has 0 aliphatic carbocycles. The van der Waals surface area contributed by atoms with Crippen LogP contribution in [0, 0.1) is 0 Å². The highest BCUT2D eigenvalue weighted by molar-refractivity contribution is 8.01. The van der Waals surface area contributed by atoms with Gasteiger partial charge >= 0.3 is 0 Å². The van der Waals surface area contributed by atoms with E-state index in [1.807, 2.05) is 14.0 Å². The molecule has 0 aromatic carbocycles. The third kappa shape index (κ3) is 3.13. The van der Waals surface area contributed by atoms with Crippen molar-refractivity contribution in [3.05, 3.63) is 0 Å². The third-order valence-corrected chi connectivity index (χ3v) is 3.91. The minimum absolute atomic E-state index is 0.151. The Morgan fingerprint density at radius 3 is 2.62 bits per heavy atom. The van der Waals surface area contributed by atoms with Crippen molar-refractivity contribution in [3.8, 4) is 0 Å². The molecule has 2 atom stereocenters. The molecule has 13 heavy (non-hydrogen) atoms. The van der Waals surface area contributed by atoms with E-state index in [-0.39, 0.29) is 11.4 Å². The van der Waals surface area contributed by atoms with Gasteiger partial charge in [-0.15, -0.1) is 10.2 Å². The van der Waals surface area contributed by atoms with Crippen LogP contribution >= 0.6 is 23.1 Å². The van der Waals surface area contributed by atoms with E-state index in [1.54, 1.807) is 18.7 Å². The smallest absolute Gasteiger partial charge is 0.206 e. The van der Waals surface area contributed by atoms with Crippen molar-refractivity contribution in [1.82, 2.24) is 10.2 Å². The molecule has 0 aliphatic rings. The largest absolute Gasteiger partial charge is 0.392 e. The van der Waals surface area contributed by atoms with Gasteiger partial charge in [0, 0.05) is 12.3 Å². The Kier molecular flexibility index (Phi) is 3.95. The molecule has 1 heterocycles. The second-order valence-electron chi connectivity index (χ2n) is 2.69. The van der Waals surface area contributed by atoms with Crippen LogP contribution in [0.1, 0.15) is 13.8 Å². The fraction of sp³-hybridized carbons (Fsp3) is 0.714. The number of rotatable bonds is 4. The molecule has 2 N–H and O–H groups in total. The second kappa shape index (κ2) is 4.78.